The van der Waals surface area contributed by atoms with Crippen LogP contribution < -0.4 is 5.73 Å². The Kier molecular flexibility index (Phi) is 9.87. The summed E-state index contributed by atoms with van der Waals surface area (Å²) in [7, 11) is 0. The molecular weight excluding hydrogens is 343 g/mol. The highest BCUT2D eigenvalue weighted by Gasteiger charge is 2.30. The molecule has 1 amide bonds. The number of nitrogens with two attached hydrogens (primary N) is 1. The van der Waals surface area contributed by atoms with Crippen LogP contribution in [0.15, 0.2) is 41.6 Å². The van der Waals surface area contributed by atoms with Crippen LogP contribution in [0.4, 0.5) is 13.2 Å². The third-order valence-electron chi connectivity index (χ3n) is 2.60. The summed E-state index contributed by atoms with van der Waals surface area (Å²) in [5.74, 6) is -1.99. The molecule has 0 aliphatic heterocycles. The topological polar surface area (TPSA) is 105 Å². The second-order valence-electron chi connectivity index (χ2n) is 4.59. The van der Waals surface area contributed by atoms with Crippen molar-refractivity contribution in [2.24, 2.45) is 10.8 Å². The Balaban J connectivity index is 4.70. The zero-order valence-electron chi connectivity index (χ0n) is 13.6. The normalized spacial score (nSPS) is 13.1. The third-order valence-corrected chi connectivity index (χ3v) is 2.60. The van der Waals surface area contributed by atoms with Gasteiger partial charge in [-0.1, -0.05) is 37.8 Å². The van der Waals surface area contributed by atoms with Crippen LogP contribution in [-0.4, -0.2) is 53.8 Å². The first-order chi connectivity index (χ1) is 11.6. The van der Waals surface area contributed by atoms with E-state index in [1.165, 1.54) is 6.08 Å². The average molecular weight is 363 g/mol. The van der Waals surface area contributed by atoms with Crippen LogP contribution in [0.25, 0.3) is 0 Å². The Bertz CT molecular complexity index is 569. The summed E-state index contributed by atoms with van der Waals surface area (Å²) < 4.78 is 42.4. The number of primary amides is 1. The molecule has 25 heavy (non-hydrogen) atoms. The molecule has 3 N–H and O–H groups in total. The molecule has 0 radical (unpaired) electrons. The van der Waals surface area contributed by atoms with E-state index in [4.69, 9.17) is 15.6 Å². The van der Waals surface area contributed by atoms with Gasteiger partial charge in [-0.05, 0) is 6.42 Å². The number of nitrogens with zero attached hydrogens (tertiary/aromatic N) is 2. The van der Waals surface area contributed by atoms with Gasteiger partial charge in [0.1, 0.15) is 19.0 Å². The number of alkyl halides is 3. The van der Waals surface area contributed by atoms with E-state index in [0.717, 1.165) is 17.2 Å². The molecule has 0 aromatic carbocycles. The maximum atomic E-state index is 12.4. The molecule has 0 aromatic rings. The first-order valence-electron chi connectivity index (χ1n) is 7.10. The number of allylic oxidation sites excluding steroid dienone is 4. The van der Waals surface area contributed by atoms with Crippen molar-refractivity contribution in [1.29, 1.82) is 0 Å². The molecule has 0 rings (SSSR count). The quantitative estimate of drug-likeness (QED) is 0.192. The zero-order chi connectivity index (χ0) is 19.5. The van der Waals surface area contributed by atoms with E-state index in [0.29, 0.717) is 6.08 Å². The predicted molar refractivity (Wildman–Crippen MR) is 85.6 cm³/mol. The molecule has 7 nitrogen and oxygen atoms in total. The van der Waals surface area contributed by atoms with Crippen molar-refractivity contribution in [2.75, 3.05) is 19.9 Å². The lowest BCUT2D eigenvalue weighted by Crippen LogP contribution is -2.33. The van der Waals surface area contributed by atoms with Gasteiger partial charge in [-0.2, -0.15) is 18.3 Å². The summed E-state index contributed by atoms with van der Waals surface area (Å²) in [6.45, 7) is 3.94. The minimum absolute atomic E-state index is 0.0852. The van der Waals surface area contributed by atoms with E-state index in [2.05, 4.69) is 11.7 Å². The summed E-state index contributed by atoms with van der Waals surface area (Å²) in [6, 6.07) is 0. The number of carboxylic acid groups (broad SMARTS) is 1. The average Bonchev–Trinajstić information content (AvgIpc) is 2.49. The maximum Gasteiger partial charge on any atom is 0.416 e. The molecule has 0 aromatic heterocycles. The van der Waals surface area contributed by atoms with Crippen molar-refractivity contribution >= 4 is 17.6 Å². The Morgan fingerprint density at radius 3 is 2.48 bits per heavy atom. The number of carbonyl (C=O) groups excluding carboxylic acids is 1. The summed E-state index contributed by atoms with van der Waals surface area (Å²) in [5, 5.41) is 13.7. The number of carboxylic acids is 1. The van der Waals surface area contributed by atoms with Crippen LogP contribution in [0.1, 0.15) is 13.3 Å². The van der Waals surface area contributed by atoms with Gasteiger partial charge in [0, 0.05) is 0 Å². The van der Waals surface area contributed by atoms with Crippen molar-refractivity contribution in [3.63, 3.8) is 0 Å². The third kappa shape index (κ3) is 9.97. The molecule has 0 saturated heterocycles. The molecule has 0 aliphatic carbocycles. The lowest BCUT2D eigenvalue weighted by molar-refractivity contribution is -0.130. The highest BCUT2D eigenvalue weighted by molar-refractivity contribution is 6.35. The van der Waals surface area contributed by atoms with Crippen molar-refractivity contribution in [2.45, 2.75) is 19.5 Å². The molecule has 0 atom stereocenters. The van der Waals surface area contributed by atoms with Gasteiger partial charge in [-0.25, -0.2) is 4.79 Å². The lowest BCUT2D eigenvalue weighted by Gasteiger charge is -2.17. The van der Waals surface area contributed by atoms with E-state index in [1.807, 2.05) is 0 Å². The smallest absolute Gasteiger partial charge is 0.416 e. The van der Waals surface area contributed by atoms with Gasteiger partial charge in [0.25, 0.3) is 0 Å². The van der Waals surface area contributed by atoms with Crippen molar-refractivity contribution in [1.82, 2.24) is 5.01 Å². The Morgan fingerprint density at radius 2 is 2.04 bits per heavy atom. The van der Waals surface area contributed by atoms with E-state index < -0.39 is 23.6 Å². The van der Waals surface area contributed by atoms with Crippen LogP contribution in [-0.2, 0) is 14.3 Å². The largest absolute Gasteiger partial charge is 0.477 e. The summed E-state index contributed by atoms with van der Waals surface area (Å²) in [4.78, 5) is 21.9. The van der Waals surface area contributed by atoms with E-state index in [1.54, 1.807) is 6.92 Å². The van der Waals surface area contributed by atoms with Gasteiger partial charge in [-0.15, -0.1) is 0 Å². The van der Waals surface area contributed by atoms with Crippen molar-refractivity contribution in [3.8, 4) is 0 Å². The summed E-state index contributed by atoms with van der Waals surface area (Å²) in [6.07, 6.45) is -0.410. The van der Waals surface area contributed by atoms with E-state index >= 15 is 0 Å². The molecule has 0 saturated carbocycles. The lowest BCUT2D eigenvalue weighted by atomic mass is 10.2. The molecule has 140 valence electrons. The van der Waals surface area contributed by atoms with Crippen molar-refractivity contribution < 1.29 is 32.6 Å². The monoisotopic (exact) mass is 363 g/mol. The Hall–Kier alpha value is -2.62. The fourth-order valence-corrected chi connectivity index (χ4v) is 1.46. The first-order valence-corrected chi connectivity index (χ1v) is 7.10. The number of hydrogen-bond donors (Lipinski definition) is 2. The van der Waals surface area contributed by atoms with Crippen LogP contribution >= 0.6 is 0 Å². The minimum atomic E-state index is -4.49. The minimum Gasteiger partial charge on any atom is -0.477 e. The Morgan fingerprint density at radius 1 is 1.40 bits per heavy atom. The number of rotatable bonds is 11. The highest BCUT2D eigenvalue weighted by Crippen LogP contribution is 2.25. The molecule has 0 spiro atoms. The molecule has 0 fully saturated rings. The van der Waals surface area contributed by atoms with Crippen LogP contribution in [0.5, 0.6) is 0 Å². The maximum absolute atomic E-state index is 12.4. The van der Waals surface area contributed by atoms with Gasteiger partial charge in [0.05, 0.1) is 12.2 Å². The molecule has 0 heterocycles. The van der Waals surface area contributed by atoms with Crippen molar-refractivity contribution in [3.05, 3.63) is 36.5 Å². The summed E-state index contributed by atoms with van der Waals surface area (Å²) >= 11 is 0. The predicted octanol–water partition coefficient (Wildman–Crippen LogP) is 1.83. The number of carbonyl (C=O) groups is 2. The van der Waals surface area contributed by atoms with E-state index in [-0.39, 0.29) is 32.0 Å². The Labute approximate surface area is 142 Å². The molecule has 0 aliphatic rings. The second kappa shape index (κ2) is 11.0. The molecule has 10 heteroatoms. The molecule has 0 bridgehead atoms. The second-order valence-corrected chi connectivity index (χ2v) is 4.59. The number of aliphatic carboxylic acids is 1. The number of ether oxygens (including phenoxy) is 1. The van der Waals surface area contributed by atoms with Gasteiger partial charge < -0.3 is 15.6 Å². The van der Waals surface area contributed by atoms with Crippen LogP contribution in [0.2, 0.25) is 0 Å². The molecule has 0 unspecified atom stereocenters. The standard InChI is InChI=1S/C15H20F3N3O4/c1-3-11(15(16,17)18)7-5-6-8-25-10-21(9-13(19)22)20-12(4-2)14(23)24/h3,5-7H,1,4,8-10H2,2H3,(H2,19,22)(H,23,24)/b6-5+,11-7+,20-12+. The number of hydrazone groups is 1. The number of hydrogen-bond acceptors (Lipinski definition) is 5. The van der Waals surface area contributed by atoms with Gasteiger partial charge in [-0.3, -0.25) is 9.80 Å². The highest BCUT2D eigenvalue weighted by atomic mass is 19.4. The number of amides is 1. The zero-order valence-corrected chi connectivity index (χ0v) is 13.6. The fraction of sp³-hybridized carbons (Fsp3) is 0.400. The molecular formula is C15H20F3N3O4. The number of halogens is 3. The summed E-state index contributed by atoms with van der Waals surface area (Å²) in [5.41, 5.74) is 3.94. The SMILES string of the molecule is C=C/C(=C\C=C\COCN(CC(N)=O)/N=C(\CC)C(=O)O)C(F)(F)F. The van der Waals surface area contributed by atoms with Gasteiger partial charge in [0.2, 0.25) is 5.91 Å². The van der Waals surface area contributed by atoms with Gasteiger partial charge >= 0.3 is 12.1 Å². The van der Waals surface area contributed by atoms with Gasteiger partial charge in [0.15, 0.2) is 0 Å². The van der Waals surface area contributed by atoms with Crippen LogP contribution in [0, 0.1) is 0 Å². The fourth-order valence-electron chi connectivity index (χ4n) is 1.46. The van der Waals surface area contributed by atoms with E-state index in [9.17, 15) is 22.8 Å². The first kappa shape index (κ1) is 22.4. The van der Waals surface area contributed by atoms with Crippen LogP contribution in [0.3, 0.4) is 0 Å².